The third-order valence-electron chi connectivity index (χ3n) is 3.77. The van der Waals surface area contributed by atoms with Gasteiger partial charge in [-0.3, -0.25) is 4.79 Å². The fourth-order valence-corrected chi connectivity index (χ4v) is 3.03. The molecule has 0 atom stereocenters. The minimum atomic E-state index is -0.826. The molecule has 0 bridgehead atoms. The maximum atomic E-state index is 12.1. The van der Waals surface area contributed by atoms with E-state index in [1.807, 2.05) is 12.1 Å². The molecule has 0 heterocycles. The molecule has 0 fully saturated rings. The number of amides is 1. The zero-order valence-electron chi connectivity index (χ0n) is 15.2. The topological polar surface area (TPSA) is 73.9 Å². The Kier molecular flexibility index (Phi) is 8.23. The van der Waals surface area contributed by atoms with Crippen LogP contribution >= 0.6 is 34.8 Å². The van der Waals surface area contributed by atoms with Crippen molar-refractivity contribution in [3.63, 3.8) is 0 Å². The van der Waals surface area contributed by atoms with E-state index < -0.39 is 18.5 Å². The Morgan fingerprint density at radius 3 is 2.32 bits per heavy atom. The highest BCUT2D eigenvalue weighted by Gasteiger charge is 2.19. The molecule has 28 heavy (non-hydrogen) atoms. The van der Waals surface area contributed by atoms with Crippen molar-refractivity contribution < 1.29 is 23.8 Å². The van der Waals surface area contributed by atoms with Gasteiger partial charge in [-0.1, -0.05) is 40.9 Å². The van der Waals surface area contributed by atoms with E-state index in [1.165, 1.54) is 12.1 Å². The number of rotatable bonds is 8. The van der Waals surface area contributed by atoms with Crippen LogP contribution in [0.1, 0.15) is 15.9 Å². The van der Waals surface area contributed by atoms with Crippen molar-refractivity contribution in [2.75, 3.05) is 27.4 Å². The van der Waals surface area contributed by atoms with Crippen molar-refractivity contribution >= 4 is 46.7 Å². The van der Waals surface area contributed by atoms with Gasteiger partial charge in [0, 0.05) is 6.54 Å². The van der Waals surface area contributed by atoms with E-state index in [-0.39, 0.29) is 20.6 Å². The second-order valence-corrected chi connectivity index (χ2v) is 6.78. The van der Waals surface area contributed by atoms with Gasteiger partial charge in [-0.05, 0) is 36.2 Å². The van der Waals surface area contributed by atoms with Gasteiger partial charge < -0.3 is 19.5 Å². The third-order valence-corrected chi connectivity index (χ3v) is 4.89. The normalized spacial score (nSPS) is 10.3. The number of nitrogens with one attached hydrogen (secondary N) is 1. The molecular weight excluding hydrogens is 429 g/mol. The lowest BCUT2D eigenvalue weighted by Crippen LogP contribution is -2.30. The van der Waals surface area contributed by atoms with Gasteiger partial charge in [-0.2, -0.15) is 0 Å². The molecule has 2 rings (SSSR count). The Balaban J connectivity index is 1.84. The summed E-state index contributed by atoms with van der Waals surface area (Å²) in [5.41, 5.74) is 0.876. The van der Waals surface area contributed by atoms with E-state index in [1.54, 1.807) is 20.3 Å². The summed E-state index contributed by atoms with van der Waals surface area (Å²) in [5.74, 6) is -0.0493. The number of carbonyl (C=O) groups excluding carboxylic acids is 2. The van der Waals surface area contributed by atoms with Gasteiger partial charge in [0.15, 0.2) is 18.1 Å². The van der Waals surface area contributed by atoms with Crippen LogP contribution in [-0.2, 0) is 16.0 Å². The van der Waals surface area contributed by atoms with Crippen LogP contribution in [0.15, 0.2) is 30.3 Å². The number of benzene rings is 2. The van der Waals surface area contributed by atoms with Crippen molar-refractivity contribution in [2.24, 2.45) is 0 Å². The lowest BCUT2D eigenvalue weighted by Gasteiger charge is -2.11. The first-order chi connectivity index (χ1) is 13.4. The predicted molar refractivity (Wildman–Crippen MR) is 108 cm³/mol. The summed E-state index contributed by atoms with van der Waals surface area (Å²) in [5, 5.41) is 2.90. The third kappa shape index (κ3) is 5.67. The molecule has 9 heteroatoms. The van der Waals surface area contributed by atoms with Crippen LogP contribution in [0.5, 0.6) is 11.5 Å². The molecule has 0 aliphatic carbocycles. The molecular formula is C19H18Cl3NO5. The Bertz CT molecular complexity index is 873. The highest BCUT2D eigenvalue weighted by atomic mass is 35.5. The van der Waals surface area contributed by atoms with Crippen LogP contribution in [0.4, 0.5) is 0 Å². The summed E-state index contributed by atoms with van der Waals surface area (Å²) in [7, 11) is 3.11. The Morgan fingerprint density at radius 1 is 0.964 bits per heavy atom. The minimum absolute atomic E-state index is 0.0203. The molecule has 2 aromatic carbocycles. The lowest BCUT2D eigenvalue weighted by molar-refractivity contribution is -0.124. The largest absolute Gasteiger partial charge is 0.493 e. The Labute approximate surface area is 177 Å². The average Bonchev–Trinajstić information content (AvgIpc) is 2.69. The number of carbonyl (C=O) groups is 2. The van der Waals surface area contributed by atoms with Crippen molar-refractivity contribution in [3.8, 4) is 11.5 Å². The van der Waals surface area contributed by atoms with Crippen LogP contribution in [0.25, 0.3) is 0 Å². The average molecular weight is 447 g/mol. The van der Waals surface area contributed by atoms with Gasteiger partial charge in [-0.15, -0.1) is 0 Å². The van der Waals surface area contributed by atoms with Gasteiger partial charge in [-0.25, -0.2) is 4.79 Å². The summed E-state index contributed by atoms with van der Waals surface area (Å²) in [6.07, 6.45) is 0.561. The molecule has 2 aromatic rings. The Hall–Kier alpha value is -2.15. The van der Waals surface area contributed by atoms with Crippen LogP contribution in [0, 0.1) is 0 Å². The molecule has 0 saturated carbocycles. The van der Waals surface area contributed by atoms with Crippen LogP contribution in [0.3, 0.4) is 0 Å². The van der Waals surface area contributed by atoms with Gasteiger partial charge in [0.05, 0.1) is 34.9 Å². The van der Waals surface area contributed by atoms with Crippen LogP contribution in [0.2, 0.25) is 15.1 Å². The summed E-state index contributed by atoms with van der Waals surface area (Å²) >= 11 is 17.8. The first-order valence-corrected chi connectivity index (χ1v) is 9.29. The summed E-state index contributed by atoms with van der Waals surface area (Å²) in [4.78, 5) is 24.0. The van der Waals surface area contributed by atoms with Gasteiger partial charge in [0.1, 0.15) is 0 Å². The van der Waals surface area contributed by atoms with Crippen LogP contribution < -0.4 is 14.8 Å². The molecule has 0 aromatic heterocycles. The Morgan fingerprint density at radius 2 is 1.64 bits per heavy atom. The summed E-state index contributed by atoms with van der Waals surface area (Å²) in [6.45, 7) is -0.117. The zero-order valence-corrected chi connectivity index (χ0v) is 17.5. The van der Waals surface area contributed by atoms with Gasteiger partial charge in [0.25, 0.3) is 5.91 Å². The van der Waals surface area contributed by atoms with E-state index in [4.69, 9.17) is 49.0 Å². The van der Waals surface area contributed by atoms with Gasteiger partial charge >= 0.3 is 5.97 Å². The number of halogens is 3. The molecule has 150 valence electrons. The van der Waals surface area contributed by atoms with E-state index in [0.717, 1.165) is 5.56 Å². The molecule has 0 saturated heterocycles. The van der Waals surface area contributed by atoms with Crippen molar-refractivity contribution in [1.82, 2.24) is 5.32 Å². The maximum Gasteiger partial charge on any atom is 0.341 e. The SMILES string of the molecule is COc1ccc(CCNC(=O)COC(=O)c2c(Cl)ccc(Cl)c2Cl)cc1OC. The maximum absolute atomic E-state index is 12.1. The highest BCUT2D eigenvalue weighted by Crippen LogP contribution is 2.32. The van der Waals surface area contributed by atoms with E-state index in [2.05, 4.69) is 5.32 Å². The molecule has 0 unspecified atom stereocenters. The molecule has 0 aliphatic rings. The molecule has 0 spiro atoms. The van der Waals surface area contributed by atoms with E-state index in [0.29, 0.717) is 24.5 Å². The highest BCUT2D eigenvalue weighted by molar-refractivity contribution is 6.46. The second-order valence-electron chi connectivity index (χ2n) is 5.58. The fraction of sp³-hybridized carbons (Fsp3) is 0.263. The molecule has 6 nitrogen and oxygen atoms in total. The summed E-state index contributed by atoms with van der Waals surface area (Å²) in [6, 6.07) is 8.38. The van der Waals surface area contributed by atoms with Crippen molar-refractivity contribution in [1.29, 1.82) is 0 Å². The number of hydrogen-bond donors (Lipinski definition) is 1. The smallest absolute Gasteiger partial charge is 0.341 e. The first-order valence-electron chi connectivity index (χ1n) is 8.15. The van der Waals surface area contributed by atoms with E-state index >= 15 is 0 Å². The lowest BCUT2D eigenvalue weighted by atomic mass is 10.1. The van der Waals surface area contributed by atoms with Gasteiger partial charge in [0.2, 0.25) is 0 Å². The number of hydrogen-bond acceptors (Lipinski definition) is 5. The monoisotopic (exact) mass is 445 g/mol. The second kappa shape index (κ2) is 10.4. The summed E-state index contributed by atoms with van der Waals surface area (Å²) < 4.78 is 15.4. The number of esters is 1. The van der Waals surface area contributed by atoms with Crippen LogP contribution in [-0.4, -0.2) is 39.2 Å². The standard InChI is InChI=1S/C19H18Cl3NO5/c1-26-14-6-3-11(9-15(14)27-2)7-8-23-16(24)10-28-19(25)17-12(20)4-5-13(21)18(17)22/h3-6,9H,7-8,10H2,1-2H3,(H,23,24). The molecule has 1 N–H and O–H groups in total. The number of ether oxygens (including phenoxy) is 3. The fourth-order valence-electron chi connectivity index (χ4n) is 2.35. The van der Waals surface area contributed by atoms with E-state index in [9.17, 15) is 9.59 Å². The minimum Gasteiger partial charge on any atom is -0.493 e. The molecule has 1 amide bonds. The molecule has 0 aliphatic heterocycles. The van der Waals surface area contributed by atoms with Crippen molar-refractivity contribution in [2.45, 2.75) is 6.42 Å². The van der Waals surface area contributed by atoms with Crippen molar-refractivity contribution in [3.05, 3.63) is 56.5 Å². The quantitative estimate of drug-likeness (QED) is 0.486. The number of methoxy groups -OCH3 is 2. The predicted octanol–water partition coefficient (Wildman–Crippen LogP) is 4.18. The first kappa shape index (κ1) is 22.1. The molecule has 0 radical (unpaired) electrons. The zero-order chi connectivity index (χ0) is 20.7.